The summed E-state index contributed by atoms with van der Waals surface area (Å²) in [7, 11) is 3.77. The number of nitrogens with two attached hydrogens (primary N) is 1. The molecule has 0 radical (unpaired) electrons. The fourth-order valence-electron chi connectivity index (χ4n) is 8.39. The fraction of sp³-hybridized carbons (Fsp3) is 0.769. The Balaban J connectivity index is 1.22. The maximum atomic E-state index is 13.7. The summed E-state index contributed by atoms with van der Waals surface area (Å²) in [5.74, 6) is 1.78. The van der Waals surface area contributed by atoms with E-state index in [0.29, 0.717) is 30.6 Å². The van der Waals surface area contributed by atoms with Gasteiger partial charge in [0, 0.05) is 24.9 Å². The summed E-state index contributed by atoms with van der Waals surface area (Å²) >= 11 is 0. The zero-order chi connectivity index (χ0) is 24.5. The number of esters is 1. The van der Waals surface area contributed by atoms with Gasteiger partial charge in [-0.2, -0.15) is 5.26 Å². The molecule has 35 heavy (non-hydrogen) atoms. The number of likely N-dealkylation sites (N-methyl/N-ethyl adjacent to an activating group) is 1. The van der Waals surface area contributed by atoms with E-state index >= 15 is 0 Å². The number of carbonyl (C=O) groups excluding carboxylic acids is 2. The Morgan fingerprint density at radius 1 is 1.29 bits per heavy atom. The average Bonchev–Trinajstić information content (AvgIpc) is 3.19. The zero-order valence-corrected chi connectivity index (χ0v) is 20.7. The summed E-state index contributed by atoms with van der Waals surface area (Å²) in [5.41, 5.74) is 5.90. The first-order chi connectivity index (χ1) is 16.7. The lowest BCUT2D eigenvalue weighted by Crippen LogP contribution is -2.66. The van der Waals surface area contributed by atoms with Gasteiger partial charge in [0.05, 0.1) is 12.1 Å². The maximum Gasteiger partial charge on any atom is 0.324 e. The highest BCUT2D eigenvalue weighted by Crippen LogP contribution is 2.64. The van der Waals surface area contributed by atoms with Gasteiger partial charge in [-0.1, -0.05) is 0 Å². The number of piperidine rings is 1. The van der Waals surface area contributed by atoms with Gasteiger partial charge in [0.2, 0.25) is 5.91 Å². The Morgan fingerprint density at radius 2 is 2.03 bits per heavy atom. The van der Waals surface area contributed by atoms with Crippen LogP contribution in [0, 0.1) is 34.5 Å². The highest BCUT2D eigenvalue weighted by atomic mass is 16.6. The molecule has 5 aliphatic carbocycles. The monoisotopic (exact) mass is 480 g/mol. The van der Waals surface area contributed by atoms with Gasteiger partial charge in [-0.15, -0.1) is 0 Å². The normalized spacial score (nSPS) is 40.3. The van der Waals surface area contributed by atoms with Crippen LogP contribution in [-0.4, -0.2) is 75.5 Å². The zero-order valence-electron chi connectivity index (χ0n) is 20.7. The van der Waals surface area contributed by atoms with Crippen molar-refractivity contribution in [1.29, 1.82) is 5.26 Å². The van der Waals surface area contributed by atoms with Crippen molar-refractivity contribution in [2.24, 2.45) is 28.9 Å². The minimum atomic E-state index is -0.644. The molecule has 0 spiro atoms. The van der Waals surface area contributed by atoms with E-state index in [2.05, 4.69) is 16.0 Å². The van der Waals surface area contributed by atoms with Crippen LogP contribution in [0.15, 0.2) is 12.4 Å². The number of hydrogen-bond acceptors (Lipinski definition) is 7. The Morgan fingerprint density at radius 3 is 2.66 bits per heavy atom. The molecule has 9 heteroatoms. The third kappa shape index (κ3) is 3.77. The summed E-state index contributed by atoms with van der Waals surface area (Å²) in [6.07, 6.45) is 11.0. The number of nitrogens with one attached hydrogen (secondary N) is 1. The van der Waals surface area contributed by atoms with E-state index in [0.717, 1.165) is 50.8 Å². The minimum Gasteiger partial charge on any atom is -0.458 e. The number of H-pyrrole nitrogens is 1. The first-order valence-electron chi connectivity index (χ1n) is 13.1. The van der Waals surface area contributed by atoms with E-state index in [1.165, 1.54) is 0 Å². The van der Waals surface area contributed by atoms with Crippen LogP contribution in [0.1, 0.15) is 57.2 Å². The van der Waals surface area contributed by atoms with Crippen molar-refractivity contribution < 1.29 is 14.3 Å². The molecule has 9 nitrogen and oxygen atoms in total. The van der Waals surface area contributed by atoms with Gasteiger partial charge in [0.1, 0.15) is 23.5 Å². The van der Waals surface area contributed by atoms with Crippen molar-refractivity contribution in [2.45, 2.75) is 87.6 Å². The summed E-state index contributed by atoms with van der Waals surface area (Å²) in [5, 5.41) is 9.62. The second kappa shape index (κ2) is 8.04. The molecule has 7 rings (SSSR count). The summed E-state index contributed by atoms with van der Waals surface area (Å²) in [6.45, 7) is 0. The molecule has 1 aromatic rings. The number of rotatable bonds is 7. The number of nitrogens with zero attached hydrogens (tertiary/aromatic N) is 4. The van der Waals surface area contributed by atoms with Crippen LogP contribution in [-0.2, 0) is 20.7 Å². The summed E-state index contributed by atoms with van der Waals surface area (Å²) in [6, 6.07) is 1.09. The fourth-order valence-corrected chi connectivity index (χ4v) is 8.39. The quantitative estimate of drug-likeness (QED) is 0.567. The van der Waals surface area contributed by atoms with Crippen molar-refractivity contribution in [3.63, 3.8) is 0 Å². The van der Waals surface area contributed by atoms with E-state index in [1.54, 1.807) is 17.3 Å². The lowest BCUT2D eigenvalue weighted by molar-refractivity contribution is -0.209. The number of amides is 1. The van der Waals surface area contributed by atoms with Gasteiger partial charge in [-0.05, 0) is 88.6 Å². The predicted molar refractivity (Wildman–Crippen MR) is 126 cm³/mol. The molecule has 0 aromatic carbocycles. The summed E-state index contributed by atoms with van der Waals surface area (Å²) < 4.78 is 6.42. The third-order valence-corrected chi connectivity index (χ3v) is 9.64. The first kappa shape index (κ1) is 23.0. The topological polar surface area (TPSA) is 128 Å². The molecule has 1 amide bonds. The number of fused-ring (bicyclic) bond motifs is 1. The first-order valence-corrected chi connectivity index (χ1v) is 13.1. The highest BCUT2D eigenvalue weighted by molar-refractivity contribution is 5.84. The van der Waals surface area contributed by atoms with Crippen LogP contribution in [0.25, 0.3) is 0 Å². The Labute approximate surface area is 206 Å². The smallest absolute Gasteiger partial charge is 0.324 e. The number of carbonyl (C=O) groups is 2. The lowest BCUT2D eigenvalue weighted by atomic mass is 9.46. The standard InChI is InChI=1S/C26H36N6O3/c1-31(2)20(8-21-29-3-4-30-21)24(34)35-26-11-15-5-16(12-26)10-25(9-15,14-26)22(28)23(33)32-18(13-27)6-17-7-19(17)32/h3-4,15-20,22H,5-12,14,28H2,1-2H3,(H,29,30)/t15-,16?,17?,18-,19?,20-,22+,25?,26?/m0/s1. The van der Waals surface area contributed by atoms with Crippen molar-refractivity contribution in [1.82, 2.24) is 19.8 Å². The Bertz CT molecular complexity index is 1030. The molecule has 188 valence electrons. The molecule has 5 saturated carbocycles. The molecule has 6 aliphatic rings. The van der Waals surface area contributed by atoms with Gasteiger partial charge in [0.15, 0.2) is 0 Å². The molecule has 4 bridgehead atoms. The number of nitriles is 1. The second-order valence-electron chi connectivity index (χ2n) is 12.3. The van der Waals surface area contributed by atoms with E-state index in [-0.39, 0.29) is 29.4 Å². The van der Waals surface area contributed by atoms with E-state index < -0.39 is 17.7 Å². The largest absolute Gasteiger partial charge is 0.458 e. The number of ether oxygens (including phenoxy) is 1. The minimum absolute atomic E-state index is 0.0611. The van der Waals surface area contributed by atoms with Crippen LogP contribution >= 0.6 is 0 Å². The molecule has 1 aromatic heterocycles. The molecule has 1 aliphatic heterocycles. The van der Waals surface area contributed by atoms with Gasteiger partial charge in [-0.3, -0.25) is 14.5 Å². The van der Waals surface area contributed by atoms with Gasteiger partial charge in [-0.25, -0.2) is 4.98 Å². The van der Waals surface area contributed by atoms with Crippen LogP contribution < -0.4 is 5.73 Å². The van der Waals surface area contributed by atoms with Crippen LogP contribution in [0.4, 0.5) is 0 Å². The molecule has 3 N–H and O–H groups in total. The van der Waals surface area contributed by atoms with E-state index in [9.17, 15) is 14.9 Å². The third-order valence-electron chi connectivity index (χ3n) is 9.64. The number of aromatic amines is 1. The van der Waals surface area contributed by atoms with Crippen LogP contribution in [0.2, 0.25) is 0 Å². The van der Waals surface area contributed by atoms with Gasteiger partial charge in [0.25, 0.3) is 0 Å². The van der Waals surface area contributed by atoms with Crippen molar-refractivity contribution in [3.8, 4) is 6.07 Å². The Kier molecular flexibility index (Phi) is 5.28. The van der Waals surface area contributed by atoms with E-state index in [1.807, 2.05) is 19.0 Å². The predicted octanol–water partition coefficient (Wildman–Crippen LogP) is 1.60. The molecule has 9 atom stereocenters. The van der Waals surface area contributed by atoms with Crippen molar-refractivity contribution >= 4 is 11.9 Å². The molecule has 1 saturated heterocycles. The Hall–Kier alpha value is -2.44. The average molecular weight is 481 g/mol. The van der Waals surface area contributed by atoms with E-state index in [4.69, 9.17) is 10.5 Å². The van der Waals surface area contributed by atoms with Crippen LogP contribution in [0.3, 0.4) is 0 Å². The highest BCUT2D eigenvalue weighted by Gasteiger charge is 2.64. The second-order valence-corrected chi connectivity index (χ2v) is 12.3. The van der Waals surface area contributed by atoms with Crippen molar-refractivity contribution in [3.05, 3.63) is 18.2 Å². The molecule has 6 fully saturated rings. The van der Waals surface area contributed by atoms with Crippen molar-refractivity contribution in [2.75, 3.05) is 14.1 Å². The number of likely N-dealkylation sites (tertiary alicyclic amines) is 1. The molecular weight excluding hydrogens is 444 g/mol. The summed E-state index contributed by atoms with van der Waals surface area (Å²) in [4.78, 5) is 38.3. The van der Waals surface area contributed by atoms with Gasteiger partial charge < -0.3 is 20.4 Å². The SMILES string of the molecule is CN(C)[C@@H](Cc1ncc[nH]1)C(=O)OC12CC3C[C@H](C1)CC([C@H](N)C(=O)N1C4CC4C[C@H]1C#N)(C3)C2. The number of imidazole rings is 1. The maximum absolute atomic E-state index is 13.7. The van der Waals surface area contributed by atoms with Crippen LogP contribution in [0.5, 0.6) is 0 Å². The molecular formula is C26H36N6O3. The number of hydrogen-bond donors (Lipinski definition) is 2. The molecule has 5 unspecified atom stereocenters. The van der Waals surface area contributed by atoms with Gasteiger partial charge >= 0.3 is 5.97 Å². The molecule has 2 heterocycles. The lowest BCUT2D eigenvalue weighted by Gasteiger charge is -2.62. The number of aromatic nitrogens is 2.